The van der Waals surface area contributed by atoms with Crippen LogP contribution in [0.2, 0.25) is 0 Å². The van der Waals surface area contributed by atoms with Crippen molar-refractivity contribution in [3.63, 3.8) is 0 Å². The number of aromatic nitrogens is 3. The molecule has 3 N–H and O–H groups in total. The van der Waals surface area contributed by atoms with Crippen LogP contribution >= 0.6 is 0 Å². The molecule has 88 valence electrons. The largest absolute Gasteiger partial charge is 0.496 e. The molecule has 0 aliphatic carbocycles. The third-order valence-corrected chi connectivity index (χ3v) is 2.28. The van der Waals surface area contributed by atoms with Gasteiger partial charge in [-0.05, 0) is 19.1 Å². The van der Waals surface area contributed by atoms with E-state index >= 15 is 0 Å². The van der Waals surface area contributed by atoms with Crippen LogP contribution in [0.25, 0.3) is 11.4 Å². The summed E-state index contributed by atoms with van der Waals surface area (Å²) in [5, 5.41) is 0. The number of H-pyrrole nitrogens is 1. The van der Waals surface area contributed by atoms with E-state index in [4.69, 9.17) is 10.5 Å². The van der Waals surface area contributed by atoms with Crippen LogP contribution < -0.4 is 16.2 Å². The number of anilines is 1. The fourth-order valence-electron chi connectivity index (χ4n) is 1.54. The minimum atomic E-state index is -0.531. The number of aromatic amines is 1. The van der Waals surface area contributed by atoms with Crippen molar-refractivity contribution in [3.05, 3.63) is 34.2 Å². The summed E-state index contributed by atoms with van der Waals surface area (Å²) in [4.78, 5) is 21.2. The zero-order chi connectivity index (χ0) is 12.4. The molecule has 6 heteroatoms. The summed E-state index contributed by atoms with van der Waals surface area (Å²) in [6.45, 7) is 1.94. The molecule has 17 heavy (non-hydrogen) atoms. The highest BCUT2D eigenvalue weighted by molar-refractivity contribution is 5.65. The summed E-state index contributed by atoms with van der Waals surface area (Å²) >= 11 is 0. The Morgan fingerprint density at radius 1 is 1.35 bits per heavy atom. The molecule has 1 aromatic heterocycles. The molecule has 1 aromatic carbocycles. The number of ether oxygens (including phenoxy) is 1. The van der Waals surface area contributed by atoms with E-state index in [0.717, 1.165) is 5.56 Å². The third kappa shape index (κ3) is 2.25. The van der Waals surface area contributed by atoms with Crippen molar-refractivity contribution in [2.45, 2.75) is 6.92 Å². The molecule has 0 saturated heterocycles. The molecule has 0 radical (unpaired) electrons. The molecule has 0 atom stereocenters. The molecule has 0 fully saturated rings. The van der Waals surface area contributed by atoms with Gasteiger partial charge in [-0.3, -0.25) is 4.98 Å². The van der Waals surface area contributed by atoms with Gasteiger partial charge in [-0.15, -0.1) is 0 Å². The fraction of sp³-hybridized carbons (Fsp3) is 0.182. The molecular weight excluding hydrogens is 220 g/mol. The van der Waals surface area contributed by atoms with Crippen molar-refractivity contribution in [1.29, 1.82) is 0 Å². The Bertz CT molecular complexity index is 607. The van der Waals surface area contributed by atoms with Gasteiger partial charge in [0.15, 0.2) is 0 Å². The molecule has 0 bridgehead atoms. The number of hydrogen-bond donors (Lipinski definition) is 2. The maximum Gasteiger partial charge on any atom is 0.349 e. The minimum Gasteiger partial charge on any atom is -0.496 e. The second kappa shape index (κ2) is 4.25. The van der Waals surface area contributed by atoms with Gasteiger partial charge < -0.3 is 10.5 Å². The highest BCUT2D eigenvalue weighted by atomic mass is 16.5. The predicted octanol–water partition coefficient (Wildman–Crippen LogP) is 0.731. The first-order valence-electron chi connectivity index (χ1n) is 4.99. The van der Waals surface area contributed by atoms with E-state index in [1.165, 1.54) is 0 Å². The zero-order valence-corrected chi connectivity index (χ0v) is 9.52. The van der Waals surface area contributed by atoms with Crippen LogP contribution in [0.5, 0.6) is 5.75 Å². The van der Waals surface area contributed by atoms with E-state index in [2.05, 4.69) is 15.0 Å². The monoisotopic (exact) mass is 232 g/mol. The lowest BCUT2D eigenvalue weighted by Gasteiger charge is -2.08. The van der Waals surface area contributed by atoms with E-state index < -0.39 is 5.69 Å². The van der Waals surface area contributed by atoms with Gasteiger partial charge in [-0.1, -0.05) is 11.6 Å². The molecule has 0 aliphatic rings. The zero-order valence-electron chi connectivity index (χ0n) is 9.52. The van der Waals surface area contributed by atoms with Crippen molar-refractivity contribution < 1.29 is 4.74 Å². The van der Waals surface area contributed by atoms with Crippen LogP contribution in [0.4, 0.5) is 5.95 Å². The first-order chi connectivity index (χ1) is 8.10. The number of nitrogen functional groups attached to an aromatic ring is 1. The first kappa shape index (κ1) is 11.1. The summed E-state index contributed by atoms with van der Waals surface area (Å²) in [5.41, 5.74) is 6.62. The maximum absolute atomic E-state index is 11.2. The minimum absolute atomic E-state index is 0.0627. The Morgan fingerprint density at radius 2 is 2.12 bits per heavy atom. The van der Waals surface area contributed by atoms with Crippen molar-refractivity contribution in [2.24, 2.45) is 0 Å². The highest BCUT2D eigenvalue weighted by Crippen LogP contribution is 2.27. The van der Waals surface area contributed by atoms with E-state index in [0.29, 0.717) is 17.1 Å². The standard InChI is InChI=1S/C11H12N4O2/c1-6-3-4-8(17-2)7(5-6)9-13-10(12)15-11(16)14-9/h3-5H,1-2H3,(H3,12,13,14,15,16). The number of nitrogens with one attached hydrogen (secondary N) is 1. The lowest BCUT2D eigenvalue weighted by molar-refractivity contribution is 0.416. The number of hydrogen-bond acceptors (Lipinski definition) is 5. The van der Waals surface area contributed by atoms with E-state index in [-0.39, 0.29) is 5.95 Å². The SMILES string of the molecule is COc1ccc(C)cc1-c1nc(N)nc(=O)[nH]1. The quantitative estimate of drug-likeness (QED) is 0.796. The van der Waals surface area contributed by atoms with Gasteiger partial charge >= 0.3 is 5.69 Å². The van der Waals surface area contributed by atoms with Crippen LogP contribution in [0.1, 0.15) is 5.56 Å². The molecule has 1 heterocycles. The average Bonchev–Trinajstić information content (AvgIpc) is 2.27. The number of nitrogens with zero attached hydrogens (tertiary/aromatic N) is 2. The molecule has 0 spiro atoms. The fourth-order valence-corrected chi connectivity index (χ4v) is 1.54. The highest BCUT2D eigenvalue weighted by Gasteiger charge is 2.09. The third-order valence-electron chi connectivity index (χ3n) is 2.28. The molecule has 6 nitrogen and oxygen atoms in total. The summed E-state index contributed by atoms with van der Waals surface area (Å²) in [5.74, 6) is 0.903. The molecule has 2 aromatic rings. The van der Waals surface area contributed by atoms with Gasteiger partial charge in [0.05, 0.1) is 12.7 Å². The van der Waals surface area contributed by atoms with Crippen LogP contribution in [0.3, 0.4) is 0 Å². The van der Waals surface area contributed by atoms with E-state index in [1.807, 2.05) is 19.1 Å². The van der Waals surface area contributed by atoms with Gasteiger partial charge in [0.2, 0.25) is 5.95 Å². The number of methoxy groups -OCH3 is 1. The lowest BCUT2D eigenvalue weighted by atomic mass is 10.1. The Labute approximate surface area is 97.5 Å². The van der Waals surface area contributed by atoms with Gasteiger partial charge in [-0.2, -0.15) is 9.97 Å². The number of benzene rings is 1. The van der Waals surface area contributed by atoms with Crippen molar-refractivity contribution in [1.82, 2.24) is 15.0 Å². The Kier molecular flexibility index (Phi) is 2.78. The molecular formula is C11H12N4O2. The van der Waals surface area contributed by atoms with Gasteiger partial charge in [0, 0.05) is 0 Å². The van der Waals surface area contributed by atoms with Crippen molar-refractivity contribution in [3.8, 4) is 17.1 Å². The summed E-state index contributed by atoms with van der Waals surface area (Å²) in [6.07, 6.45) is 0. The van der Waals surface area contributed by atoms with Gasteiger partial charge in [0.1, 0.15) is 11.6 Å². The smallest absolute Gasteiger partial charge is 0.349 e. The van der Waals surface area contributed by atoms with E-state index in [9.17, 15) is 4.79 Å². The summed E-state index contributed by atoms with van der Waals surface area (Å²) < 4.78 is 5.21. The second-order valence-electron chi connectivity index (χ2n) is 3.56. The Hall–Kier alpha value is -2.37. The maximum atomic E-state index is 11.2. The molecule has 0 aliphatic heterocycles. The van der Waals surface area contributed by atoms with Crippen molar-refractivity contribution >= 4 is 5.95 Å². The van der Waals surface area contributed by atoms with Gasteiger partial charge in [0.25, 0.3) is 0 Å². The Morgan fingerprint density at radius 3 is 2.76 bits per heavy atom. The molecule has 0 saturated carbocycles. The molecule has 0 amide bonds. The predicted molar refractivity (Wildman–Crippen MR) is 63.8 cm³/mol. The summed E-state index contributed by atoms with van der Waals surface area (Å²) in [6, 6.07) is 5.57. The molecule has 0 unspecified atom stereocenters. The van der Waals surface area contributed by atoms with Crippen LogP contribution in [-0.4, -0.2) is 22.1 Å². The average molecular weight is 232 g/mol. The normalized spacial score (nSPS) is 10.2. The lowest BCUT2D eigenvalue weighted by Crippen LogP contribution is -2.15. The van der Waals surface area contributed by atoms with Crippen LogP contribution in [0.15, 0.2) is 23.0 Å². The van der Waals surface area contributed by atoms with Crippen molar-refractivity contribution in [2.75, 3.05) is 12.8 Å². The summed E-state index contributed by atoms with van der Waals surface area (Å²) in [7, 11) is 1.55. The number of aryl methyl sites for hydroxylation is 1. The topological polar surface area (TPSA) is 93.9 Å². The molecule has 2 rings (SSSR count). The first-order valence-corrected chi connectivity index (χ1v) is 4.99. The number of nitrogens with two attached hydrogens (primary N) is 1. The van der Waals surface area contributed by atoms with E-state index in [1.54, 1.807) is 13.2 Å². The Balaban J connectivity index is 2.66. The number of rotatable bonds is 2. The second-order valence-corrected chi connectivity index (χ2v) is 3.56. The van der Waals surface area contributed by atoms with Crippen LogP contribution in [-0.2, 0) is 0 Å². The van der Waals surface area contributed by atoms with Crippen LogP contribution in [0, 0.1) is 6.92 Å². The van der Waals surface area contributed by atoms with Gasteiger partial charge in [-0.25, -0.2) is 4.79 Å².